The number of rotatable bonds is 2. The Bertz CT molecular complexity index is 828. The highest BCUT2D eigenvalue weighted by Gasteiger charge is 2.32. The van der Waals surface area contributed by atoms with Gasteiger partial charge < -0.3 is 8.98 Å². The van der Waals surface area contributed by atoms with Gasteiger partial charge in [0, 0.05) is 36.7 Å². The molecule has 2 heterocycles. The summed E-state index contributed by atoms with van der Waals surface area (Å²) in [7, 11) is 0. The molecule has 4 heteroatoms. The van der Waals surface area contributed by atoms with Gasteiger partial charge in [0.2, 0.25) is 0 Å². The zero-order valence-electron chi connectivity index (χ0n) is 11.9. The molecular weight excluding hydrogens is 264 g/mol. The van der Waals surface area contributed by atoms with E-state index in [9.17, 15) is 4.79 Å². The molecule has 0 saturated heterocycles. The van der Waals surface area contributed by atoms with Crippen molar-refractivity contribution < 1.29 is 9.21 Å². The normalized spacial score (nSPS) is 18.1. The number of para-hydroxylation sites is 1. The second-order valence-electron chi connectivity index (χ2n) is 5.62. The fourth-order valence-electron chi connectivity index (χ4n) is 3.19. The number of Topliss-reactive ketones (excluding diaryl/α,β-unsaturated/α-hetero) is 1. The summed E-state index contributed by atoms with van der Waals surface area (Å²) < 4.78 is 7.88. The number of carbonyl (C=O) groups is 1. The Labute approximate surface area is 122 Å². The summed E-state index contributed by atoms with van der Waals surface area (Å²) in [6, 6.07) is 7.79. The number of furan rings is 1. The van der Waals surface area contributed by atoms with Crippen LogP contribution in [-0.2, 0) is 13.0 Å². The molecule has 21 heavy (non-hydrogen) atoms. The minimum absolute atomic E-state index is 0.00593. The number of nitrogens with zero attached hydrogens (tertiary/aromatic N) is 2. The zero-order valence-corrected chi connectivity index (χ0v) is 11.9. The van der Waals surface area contributed by atoms with Gasteiger partial charge in [0.15, 0.2) is 5.78 Å². The van der Waals surface area contributed by atoms with E-state index in [1.165, 1.54) is 0 Å². The molecule has 0 saturated carbocycles. The number of aromatic nitrogens is 2. The van der Waals surface area contributed by atoms with Crippen LogP contribution >= 0.6 is 0 Å². The topological polar surface area (TPSA) is 48.0 Å². The zero-order chi connectivity index (χ0) is 14.4. The van der Waals surface area contributed by atoms with Gasteiger partial charge in [-0.25, -0.2) is 4.98 Å². The van der Waals surface area contributed by atoms with Gasteiger partial charge in [0.05, 0.1) is 5.56 Å². The van der Waals surface area contributed by atoms with Crippen LogP contribution < -0.4 is 0 Å². The molecule has 106 valence electrons. The minimum Gasteiger partial charge on any atom is -0.460 e. The van der Waals surface area contributed by atoms with Crippen LogP contribution in [0.25, 0.3) is 11.0 Å². The van der Waals surface area contributed by atoms with Crippen LogP contribution in [0.15, 0.2) is 41.1 Å². The first kappa shape index (κ1) is 12.4. The number of fused-ring (bicyclic) bond motifs is 3. The number of ketones is 1. The maximum atomic E-state index is 12.8. The second kappa shape index (κ2) is 4.58. The Morgan fingerprint density at radius 1 is 1.38 bits per heavy atom. The van der Waals surface area contributed by atoms with E-state index in [1.54, 1.807) is 6.20 Å². The van der Waals surface area contributed by atoms with Crippen molar-refractivity contribution in [3.8, 4) is 0 Å². The quantitative estimate of drug-likeness (QED) is 0.723. The monoisotopic (exact) mass is 280 g/mol. The van der Waals surface area contributed by atoms with E-state index < -0.39 is 0 Å². The summed E-state index contributed by atoms with van der Waals surface area (Å²) in [4.78, 5) is 17.1. The highest BCUT2D eigenvalue weighted by Crippen LogP contribution is 2.34. The smallest absolute Gasteiger partial charge is 0.171 e. The van der Waals surface area contributed by atoms with Gasteiger partial charge in [-0.2, -0.15) is 0 Å². The van der Waals surface area contributed by atoms with Crippen LogP contribution in [0.2, 0.25) is 0 Å². The summed E-state index contributed by atoms with van der Waals surface area (Å²) in [5.74, 6) is 2.01. The lowest BCUT2D eigenvalue weighted by Crippen LogP contribution is -2.26. The van der Waals surface area contributed by atoms with Crippen molar-refractivity contribution in [2.75, 3.05) is 0 Å². The summed E-state index contributed by atoms with van der Waals surface area (Å²) in [6.45, 7) is 2.66. The predicted octanol–water partition coefficient (Wildman–Crippen LogP) is 3.38. The molecule has 0 bridgehead atoms. The molecule has 1 unspecified atom stereocenters. The lowest BCUT2D eigenvalue weighted by molar-refractivity contribution is 0.0884. The van der Waals surface area contributed by atoms with Crippen LogP contribution in [0.5, 0.6) is 0 Å². The van der Waals surface area contributed by atoms with Crippen molar-refractivity contribution >= 4 is 16.8 Å². The maximum absolute atomic E-state index is 12.8. The fraction of sp³-hybridized carbons (Fsp3) is 0.294. The molecule has 1 atom stereocenters. The molecular formula is C17H16N2O2. The Morgan fingerprint density at radius 3 is 3.05 bits per heavy atom. The molecule has 1 aliphatic rings. The van der Waals surface area contributed by atoms with Crippen molar-refractivity contribution in [1.29, 1.82) is 0 Å². The fourth-order valence-corrected chi connectivity index (χ4v) is 3.19. The number of carbonyl (C=O) groups excluding carboxylic acids is 1. The Morgan fingerprint density at radius 2 is 2.24 bits per heavy atom. The highest BCUT2D eigenvalue weighted by atomic mass is 16.3. The van der Waals surface area contributed by atoms with Crippen molar-refractivity contribution in [3.05, 3.63) is 53.8 Å². The van der Waals surface area contributed by atoms with Crippen molar-refractivity contribution in [1.82, 2.24) is 9.55 Å². The predicted molar refractivity (Wildman–Crippen MR) is 79.3 cm³/mol. The van der Waals surface area contributed by atoms with Crippen LogP contribution in [0.4, 0.5) is 0 Å². The first-order valence-corrected chi connectivity index (χ1v) is 7.26. The van der Waals surface area contributed by atoms with Gasteiger partial charge in [-0.3, -0.25) is 4.79 Å². The number of hydrogen-bond acceptors (Lipinski definition) is 3. The van der Waals surface area contributed by atoms with Crippen molar-refractivity contribution in [2.24, 2.45) is 5.92 Å². The van der Waals surface area contributed by atoms with Crippen molar-refractivity contribution in [2.45, 2.75) is 26.3 Å². The number of hydrogen-bond donors (Lipinski definition) is 0. The summed E-state index contributed by atoms with van der Waals surface area (Å²) in [6.07, 6.45) is 5.38. The molecule has 4 nitrogen and oxygen atoms in total. The van der Waals surface area contributed by atoms with Gasteiger partial charge in [0.25, 0.3) is 0 Å². The third-order valence-corrected chi connectivity index (χ3v) is 4.35. The van der Waals surface area contributed by atoms with E-state index in [1.807, 2.05) is 37.4 Å². The molecule has 3 aromatic rings. The van der Waals surface area contributed by atoms with Crippen LogP contribution in [0.3, 0.4) is 0 Å². The van der Waals surface area contributed by atoms with E-state index in [0.29, 0.717) is 6.54 Å². The van der Waals surface area contributed by atoms with E-state index in [4.69, 9.17) is 4.42 Å². The van der Waals surface area contributed by atoms with Gasteiger partial charge in [0.1, 0.15) is 17.2 Å². The first-order chi connectivity index (χ1) is 10.2. The SMILES string of the molecule is Cc1nccn1CC1CCc2oc3ccccc3c2C1=O. The molecule has 0 amide bonds. The van der Waals surface area contributed by atoms with Gasteiger partial charge in [-0.05, 0) is 19.4 Å². The first-order valence-electron chi connectivity index (χ1n) is 7.26. The molecule has 4 rings (SSSR count). The highest BCUT2D eigenvalue weighted by molar-refractivity contribution is 6.10. The third-order valence-electron chi connectivity index (χ3n) is 4.35. The molecule has 0 aliphatic heterocycles. The Hall–Kier alpha value is -2.36. The maximum Gasteiger partial charge on any atom is 0.171 e. The van der Waals surface area contributed by atoms with Crippen molar-refractivity contribution in [3.63, 3.8) is 0 Å². The molecule has 1 aromatic carbocycles. The van der Waals surface area contributed by atoms with E-state index >= 15 is 0 Å². The molecule has 0 fully saturated rings. The third kappa shape index (κ3) is 1.90. The van der Waals surface area contributed by atoms with E-state index in [2.05, 4.69) is 9.55 Å². The largest absolute Gasteiger partial charge is 0.460 e. The van der Waals surface area contributed by atoms with Crippen LogP contribution in [0, 0.1) is 12.8 Å². The standard InChI is InChI=1S/C17H16N2O2/c1-11-18-8-9-19(11)10-12-6-7-15-16(17(12)20)13-4-2-3-5-14(13)21-15/h2-5,8-9,12H,6-7,10H2,1H3. The van der Waals surface area contributed by atoms with Crippen LogP contribution in [0.1, 0.15) is 28.4 Å². The van der Waals surface area contributed by atoms with Gasteiger partial charge in [-0.1, -0.05) is 18.2 Å². The average molecular weight is 280 g/mol. The Balaban J connectivity index is 1.73. The number of imidazole rings is 1. The minimum atomic E-state index is 0.00593. The van der Waals surface area contributed by atoms with E-state index in [-0.39, 0.29) is 11.7 Å². The molecule has 0 radical (unpaired) electrons. The lowest BCUT2D eigenvalue weighted by atomic mass is 9.85. The van der Waals surface area contributed by atoms with Gasteiger partial charge >= 0.3 is 0 Å². The Kier molecular flexibility index (Phi) is 2.70. The number of aryl methyl sites for hydroxylation is 2. The number of benzene rings is 1. The second-order valence-corrected chi connectivity index (χ2v) is 5.62. The van der Waals surface area contributed by atoms with Gasteiger partial charge in [-0.15, -0.1) is 0 Å². The van der Waals surface area contributed by atoms with Crippen LogP contribution in [-0.4, -0.2) is 15.3 Å². The molecule has 1 aliphatic carbocycles. The summed E-state index contributed by atoms with van der Waals surface area (Å²) >= 11 is 0. The molecule has 2 aromatic heterocycles. The summed E-state index contributed by atoms with van der Waals surface area (Å²) in [5.41, 5.74) is 1.61. The molecule has 0 spiro atoms. The average Bonchev–Trinajstić information content (AvgIpc) is 3.06. The van der Waals surface area contributed by atoms with E-state index in [0.717, 1.165) is 41.0 Å². The summed E-state index contributed by atoms with van der Waals surface area (Å²) in [5, 5.41) is 0.949. The lowest BCUT2D eigenvalue weighted by Gasteiger charge is -2.21. The molecule has 0 N–H and O–H groups in total.